The molecule has 0 saturated heterocycles. The Balaban J connectivity index is 1.64. The van der Waals surface area contributed by atoms with Crippen molar-refractivity contribution in [3.8, 4) is 17.9 Å². The highest BCUT2D eigenvalue weighted by molar-refractivity contribution is 5.95. The molecule has 7 heteroatoms. The zero-order valence-electron chi connectivity index (χ0n) is 17.6. The van der Waals surface area contributed by atoms with Gasteiger partial charge in [-0.2, -0.15) is 10.5 Å². The first-order valence-corrected chi connectivity index (χ1v) is 10.3. The number of nitriles is 2. The Kier molecular flexibility index (Phi) is 5.18. The molecule has 0 aromatic heterocycles. The van der Waals surface area contributed by atoms with Gasteiger partial charge < -0.3 is 14.2 Å². The Morgan fingerprint density at radius 2 is 1.61 bits per heavy atom. The number of nitrogens with zero attached hydrogens (tertiary/aromatic N) is 2. The van der Waals surface area contributed by atoms with Gasteiger partial charge in [0, 0.05) is 5.92 Å². The molecule has 0 radical (unpaired) electrons. The van der Waals surface area contributed by atoms with Gasteiger partial charge in [0.15, 0.2) is 10.8 Å². The Labute approximate surface area is 181 Å². The average molecular weight is 417 g/mol. The fraction of sp³-hybridized carbons (Fsp3) is 0.375. The molecule has 1 saturated carbocycles. The zero-order chi connectivity index (χ0) is 22.1. The van der Waals surface area contributed by atoms with Crippen LogP contribution in [-0.4, -0.2) is 25.0 Å². The van der Waals surface area contributed by atoms with Gasteiger partial charge in [-0.1, -0.05) is 42.5 Å². The van der Waals surface area contributed by atoms with Gasteiger partial charge in [-0.3, -0.25) is 5.73 Å². The topological polar surface area (TPSA) is 115 Å². The quantitative estimate of drug-likeness (QED) is 0.630. The van der Waals surface area contributed by atoms with Gasteiger partial charge in [0.1, 0.15) is 12.4 Å². The van der Waals surface area contributed by atoms with Crippen LogP contribution in [0.15, 0.2) is 54.6 Å². The van der Waals surface area contributed by atoms with Crippen molar-refractivity contribution in [1.29, 1.82) is 10.5 Å². The maximum Gasteiger partial charge on any atom is 0.343 e. The molecule has 0 unspecified atom stereocenters. The minimum atomic E-state index is -1.47. The molecule has 31 heavy (non-hydrogen) atoms. The summed E-state index contributed by atoms with van der Waals surface area (Å²) in [6.45, 7) is 4.67. The summed E-state index contributed by atoms with van der Waals surface area (Å²) in [5, 5.41) is 20.4. The summed E-state index contributed by atoms with van der Waals surface area (Å²) in [5.74, 6) is -1.06. The van der Waals surface area contributed by atoms with Crippen LogP contribution in [0, 0.1) is 33.5 Å². The lowest BCUT2D eigenvalue weighted by Gasteiger charge is -2.29. The molecule has 4 rings (SSSR count). The highest BCUT2D eigenvalue weighted by atomic mass is 16.7. The van der Waals surface area contributed by atoms with E-state index in [1.165, 1.54) is 0 Å². The third kappa shape index (κ3) is 2.75. The molecule has 3 atom stereocenters. The molecule has 7 nitrogen and oxygen atoms in total. The lowest BCUT2D eigenvalue weighted by Crippen LogP contribution is -2.91. The fourth-order valence-electron chi connectivity index (χ4n) is 4.85. The van der Waals surface area contributed by atoms with E-state index >= 15 is 0 Å². The predicted molar refractivity (Wildman–Crippen MR) is 112 cm³/mol. The van der Waals surface area contributed by atoms with Gasteiger partial charge in [-0.15, -0.1) is 0 Å². The van der Waals surface area contributed by atoms with E-state index < -0.39 is 22.7 Å². The van der Waals surface area contributed by atoms with Gasteiger partial charge in [0.2, 0.25) is 0 Å². The Morgan fingerprint density at radius 3 is 2.16 bits per heavy atom. The fourth-order valence-corrected chi connectivity index (χ4v) is 4.85. The van der Waals surface area contributed by atoms with Crippen LogP contribution >= 0.6 is 0 Å². The molecule has 1 aliphatic heterocycles. The summed E-state index contributed by atoms with van der Waals surface area (Å²) in [6, 6.07) is 22.0. The molecule has 2 aromatic rings. The third-order valence-corrected chi connectivity index (χ3v) is 6.16. The molecule has 1 heterocycles. The van der Waals surface area contributed by atoms with Crippen LogP contribution in [0.4, 0.5) is 0 Å². The molecule has 158 valence electrons. The van der Waals surface area contributed by atoms with Gasteiger partial charge in [-0.05, 0) is 37.1 Å². The predicted octanol–water partition coefficient (Wildman–Crippen LogP) is 1.56. The van der Waals surface area contributed by atoms with E-state index in [0.29, 0.717) is 25.6 Å². The number of fused-ring (bicyclic) bond motifs is 1. The molecule has 0 amide bonds. The third-order valence-electron chi connectivity index (χ3n) is 6.16. The van der Waals surface area contributed by atoms with Crippen molar-refractivity contribution in [1.82, 2.24) is 0 Å². The summed E-state index contributed by atoms with van der Waals surface area (Å²) in [5.41, 5.74) is 5.63. The number of nitrogens with one attached hydrogen (secondary N) is 1. The lowest BCUT2D eigenvalue weighted by molar-refractivity contribution is -0.693. The van der Waals surface area contributed by atoms with Crippen LogP contribution in [-0.2, 0) is 16.1 Å². The Morgan fingerprint density at radius 1 is 0.968 bits per heavy atom. The van der Waals surface area contributed by atoms with Crippen LogP contribution in [0.1, 0.15) is 30.9 Å². The normalized spacial score (nSPS) is 27.5. The zero-order valence-corrected chi connectivity index (χ0v) is 17.6. The number of nitrogens with two attached hydrogens (primary N) is 1. The van der Waals surface area contributed by atoms with Crippen molar-refractivity contribution in [3.05, 3.63) is 65.7 Å². The second-order valence-corrected chi connectivity index (χ2v) is 7.64. The molecule has 2 aromatic carbocycles. The maximum absolute atomic E-state index is 10.3. The van der Waals surface area contributed by atoms with Crippen molar-refractivity contribution >= 4 is 5.84 Å². The Bertz CT molecular complexity index is 1060. The van der Waals surface area contributed by atoms with E-state index in [9.17, 15) is 10.5 Å². The number of hydrogen-bond donors (Lipinski definition) is 2. The molecule has 0 bridgehead atoms. The number of hydrogen-bond acceptors (Lipinski definition) is 6. The maximum atomic E-state index is 10.3. The van der Waals surface area contributed by atoms with Crippen molar-refractivity contribution in [3.63, 3.8) is 0 Å². The van der Waals surface area contributed by atoms with Gasteiger partial charge in [-0.25, -0.2) is 4.99 Å². The van der Waals surface area contributed by atoms with Crippen LogP contribution in [0.3, 0.4) is 0 Å². The SMILES string of the molecule is CCOC1(OCC)[NH+]=C(N)[C@@]2(C#N)[C@@H](c3ccc(OCc4ccccc4)cc3)[C@@]12C#N. The van der Waals surface area contributed by atoms with E-state index in [0.717, 1.165) is 11.1 Å². The summed E-state index contributed by atoms with van der Waals surface area (Å²) in [6.07, 6.45) is 0. The largest absolute Gasteiger partial charge is 0.489 e. The number of benzene rings is 2. The first-order valence-electron chi connectivity index (χ1n) is 10.3. The van der Waals surface area contributed by atoms with Gasteiger partial charge in [0.05, 0.1) is 25.4 Å². The Hall–Kier alpha value is -3.39. The number of ether oxygens (including phenoxy) is 3. The monoisotopic (exact) mass is 417 g/mol. The second kappa shape index (κ2) is 7.70. The van der Waals surface area contributed by atoms with Crippen LogP contribution in [0.5, 0.6) is 5.75 Å². The van der Waals surface area contributed by atoms with Crippen molar-refractivity contribution in [2.75, 3.05) is 13.2 Å². The highest BCUT2D eigenvalue weighted by Crippen LogP contribution is 2.78. The molecule has 0 spiro atoms. The van der Waals surface area contributed by atoms with E-state index in [1.54, 1.807) is 0 Å². The summed E-state index contributed by atoms with van der Waals surface area (Å²) in [7, 11) is 0. The van der Waals surface area contributed by atoms with Gasteiger partial charge >= 0.3 is 5.91 Å². The summed E-state index contributed by atoms with van der Waals surface area (Å²) < 4.78 is 17.7. The number of amidine groups is 1. The standard InChI is InChI=1S/C24H24N4O3/c1-3-30-24(31-4-2)23(16-26)20(22(23,15-25)21(27)28-24)18-10-12-19(13-11-18)29-14-17-8-6-5-7-9-17/h5-13,20H,3-4,14H2,1-2H3,(H2,27,28)/p+1/t20-,22-,23-/m1/s1. The highest BCUT2D eigenvalue weighted by Gasteiger charge is 2.97. The summed E-state index contributed by atoms with van der Waals surface area (Å²) >= 11 is 0. The molecular formula is C24H25N4O3+. The van der Waals surface area contributed by atoms with Crippen molar-refractivity contribution in [2.45, 2.75) is 32.3 Å². The van der Waals surface area contributed by atoms with Crippen LogP contribution in [0.25, 0.3) is 0 Å². The molecule has 1 fully saturated rings. The molecule has 2 aliphatic rings. The molecule has 1 aliphatic carbocycles. The summed E-state index contributed by atoms with van der Waals surface area (Å²) in [4.78, 5) is 2.98. The van der Waals surface area contributed by atoms with Crippen LogP contribution < -0.4 is 15.5 Å². The van der Waals surface area contributed by atoms with E-state index in [2.05, 4.69) is 17.1 Å². The van der Waals surface area contributed by atoms with Crippen molar-refractivity contribution < 1.29 is 19.2 Å². The molecule has 3 N–H and O–H groups in total. The molecular weight excluding hydrogens is 392 g/mol. The van der Waals surface area contributed by atoms with E-state index in [4.69, 9.17) is 19.9 Å². The second-order valence-electron chi connectivity index (χ2n) is 7.64. The van der Waals surface area contributed by atoms with Crippen LogP contribution in [0.2, 0.25) is 0 Å². The van der Waals surface area contributed by atoms with E-state index in [-0.39, 0.29) is 5.84 Å². The number of rotatable bonds is 8. The smallest absolute Gasteiger partial charge is 0.343 e. The van der Waals surface area contributed by atoms with Gasteiger partial charge in [0.25, 0.3) is 5.84 Å². The lowest BCUT2D eigenvalue weighted by atomic mass is 9.93. The first kappa shape index (κ1) is 20.9. The first-order chi connectivity index (χ1) is 15.0. The van der Waals surface area contributed by atoms with Crippen molar-refractivity contribution in [2.24, 2.45) is 16.6 Å². The minimum absolute atomic E-state index is 0.202. The average Bonchev–Trinajstić information content (AvgIpc) is 3.38. The minimum Gasteiger partial charge on any atom is -0.489 e. The van der Waals surface area contributed by atoms with E-state index in [1.807, 2.05) is 68.4 Å².